The Morgan fingerprint density at radius 1 is 1.43 bits per heavy atom. The maximum atomic E-state index is 11.8. The molecular weight excluding hydrogens is 280 g/mol. The number of hydrogen-bond acceptors (Lipinski definition) is 7. The Balaban J connectivity index is 3.44. The molecule has 0 heterocycles. The Kier molecular flexibility index (Phi) is 4.74. The van der Waals surface area contributed by atoms with Gasteiger partial charge in [-0.05, 0) is 13.8 Å². The number of nitrogens with two attached hydrogens (primary N) is 1. The third-order valence-corrected chi connectivity index (χ3v) is 3.34. The van der Waals surface area contributed by atoms with E-state index in [1.165, 1.54) is 28.1 Å². The molecule has 8 heteroatoms. The van der Waals surface area contributed by atoms with E-state index in [0.717, 1.165) is 12.1 Å². The van der Waals surface area contributed by atoms with Crippen LogP contribution in [0.4, 0.5) is 5.69 Å². The van der Waals surface area contributed by atoms with E-state index in [1.807, 2.05) is 0 Å². The number of esters is 1. The summed E-state index contributed by atoms with van der Waals surface area (Å²) in [5.41, 5.74) is 4.56. The van der Waals surface area contributed by atoms with E-state index in [4.69, 9.17) is 10.5 Å². The molecule has 0 aliphatic carbocycles. The summed E-state index contributed by atoms with van der Waals surface area (Å²) in [6, 6.07) is 1.18. The van der Waals surface area contributed by atoms with Gasteiger partial charge in [-0.25, -0.2) is 0 Å². The number of phenolic OH excluding ortho intramolecular Hbond substituents is 1. The minimum atomic E-state index is -1.19. The van der Waals surface area contributed by atoms with Crippen LogP contribution < -0.4 is 10.5 Å². The Labute approximate surface area is 121 Å². The van der Waals surface area contributed by atoms with Crippen molar-refractivity contribution >= 4 is 11.7 Å². The van der Waals surface area contributed by atoms with Crippen molar-refractivity contribution in [1.29, 1.82) is 0 Å². The lowest BCUT2D eigenvalue weighted by molar-refractivity contribution is -0.385. The van der Waals surface area contributed by atoms with E-state index in [1.54, 1.807) is 0 Å². The zero-order valence-electron chi connectivity index (χ0n) is 12.2. The molecule has 1 rings (SSSR count). The lowest BCUT2D eigenvalue weighted by Gasteiger charge is -2.29. The highest BCUT2D eigenvalue weighted by Crippen LogP contribution is 2.42. The van der Waals surface area contributed by atoms with Gasteiger partial charge in [0.05, 0.1) is 30.6 Å². The Morgan fingerprint density at radius 2 is 2.00 bits per heavy atom. The van der Waals surface area contributed by atoms with Crippen LogP contribution in [0.2, 0.25) is 0 Å². The highest BCUT2D eigenvalue weighted by Gasteiger charge is 2.39. The maximum absolute atomic E-state index is 11.8. The predicted octanol–water partition coefficient (Wildman–Crippen LogP) is 1.51. The summed E-state index contributed by atoms with van der Waals surface area (Å²) in [6.45, 7) is 3.04. The predicted molar refractivity (Wildman–Crippen MR) is 74.0 cm³/mol. The molecule has 0 fully saturated rings. The van der Waals surface area contributed by atoms with Crippen LogP contribution in [0.15, 0.2) is 12.1 Å². The summed E-state index contributed by atoms with van der Waals surface area (Å²) in [4.78, 5) is 22.1. The third-order valence-electron chi connectivity index (χ3n) is 3.34. The molecule has 1 atom stereocenters. The number of ether oxygens (including phenoxy) is 2. The first-order valence-corrected chi connectivity index (χ1v) is 6.06. The number of carbonyl (C=O) groups excluding carboxylic acids is 1. The zero-order valence-corrected chi connectivity index (χ0v) is 12.2. The quantitative estimate of drug-likeness (QED) is 0.479. The molecule has 1 aromatic carbocycles. The number of benzene rings is 1. The van der Waals surface area contributed by atoms with Crippen LogP contribution in [0.1, 0.15) is 25.5 Å². The highest BCUT2D eigenvalue weighted by molar-refractivity contribution is 5.77. The van der Waals surface area contributed by atoms with Gasteiger partial charge in [-0.2, -0.15) is 0 Å². The normalized spacial score (nSPS) is 12.6. The number of rotatable bonds is 5. The first kappa shape index (κ1) is 16.7. The average Bonchev–Trinajstić information content (AvgIpc) is 2.45. The van der Waals surface area contributed by atoms with Crippen LogP contribution in [0.5, 0.6) is 11.5 Å². The van der Waals surface area contributed by atoms with Crippen LogP contribution >= 0.6 is 0 Å². The van der Waals surface area contributed by atoms with Gasteiger partial charge < -0.3 is 20.3 Å². The molecule has 0 amide bonds. The molecule has 0 radical (unpaired) electrons. The second-order valence-electron chi connectivity index (χ2n) is 5.03. The number of carbonyl (C=O) groups is 1. The number of nitrogens with zero attached hydrogens (tertiary/aromatic N) is 1. The summed E-state index contributed by atoms with van der Waals surface area (Å²) in [5.74, 6) is -1.03. The number of phenols is 1. The molecule has 0 unspecified atom stereocenters. The molecule has 0 saturated heterocycles. The van der Waals surface area contributed by atoms with Crippen LogP contribution in [0.3, 0.4) is 0 Å². The van der Waals surface area contributed by atoms with E-state index < -0.39 is 22.3 Å². The number of nitro groups is 1. The molecule has 0 aliphatic heterocycles. The first-order chi connectivity index (χ1) is 9.66. The molecule has 1 aromatic rings. The minimum absolute atomic E-state index is 0.0384. The van der Waals surface area contributed by atoms with E-state index >= 15 is 0 Å². The van der Waals surface area contributed by atoms with Crippen molar-refractivity contribution in [3.8, 4) is 11.5 Å². The van der Waals surface area contributed by atoms with Crippen molar-refractivity contribution in [2.45, 2.75) is 19.9 Å². The number of non-ortho nitro benzene ring substituents is 1. The SMILES string of the molecule is COC(=O)C(C)(C)[C@H](N)c1cc([N+](=O)[O-])cc(OC)c1O. The molecule has 0 aromatic heterocycles. The minimum Gasteiger partial charge on any atom is -0.504 e. The van der Waals surface area contributed by atoms with Crippen molar-refractivity contribution in [3.05, 3.63) is 27.8 Å². The van der Waals surface area contributed by atoms with Crippen molar-refractivity contribution in [1.82, 2.24) is 0 Å². The van der Waals surface area contributed by atoms with E-state index in [9.17, 15) is 20.0 Å². The van der Waals surface area contributed by atoms with Crippen molar-refractivity contribution in [3.63, 3.8) is 0 Å². The van der Waals surface area contributed by atoms with Crippen LogP contribution in [-0.4, -0.2) is 30.2 Å². The molecule has 21 heavy (non-hydrogen) atoms. The first-order valence-electron chi connectivity index (χ1n) is 6.06. The fraction of sp³-hybridized carbons (Fsp3) is 0.462. The van der Waals surface area contributed by atoms with E-state index in [2.05, 4.69) is 4.74 Å². The summed E-state index contributed by atoms with van der Waals surface area (Å²) in [6.07, 6.45) is 0. The molecule has 0 saturated carbocycles. The van der Waals surface area contributed by atoms with Gasteiger partial charge in [0.25, 0.3) is 5.69 Å². The zero-order chi connectivity index (χ0) is 16.4. The van der Waals surface area contributed by atoms with Crippen LogP contribution in [-0.2, 0) is 9.53 Å². The summed E-state index contributed by atoms with van der Waals surface area (Å²) < 4.78 is 9.57. The fourth-order valence-corrected chi connectivity index (χ4v) is 1.89. The van der Waals surface area contributed by atoms with Gasteiger partial charge >= 0.3 is 5.97 Å². The van der Waals surface area contributed by atoms with Gasteiger partial charge in [-0.3, -0.25) is 14.9 Å². The molecule has 0 spiro atoms. The Hall–Kier alpha value is -2.35. The molecule has 0 bridgehead atoms. The maximum Gasteiger partial charge on any atom is 0.313 e. The monoisotopic (exact) mass is 298 g/mol. The van der Waals surface area contributed by atoms with Gasteiger partial charge in [0.2, 0.25) is 0 Å². The average molecular weight is 298 g/mol. The molecule has 116 valence electrons. The molecule has 0 aliphatic rings. The number of nitro benzene ring substituents is 1. The summed E-state index contributed by atoms with van der Waals surface area (Å²) in [7, 11) is 2.48. The summed E-state index contributed by atoms with van der Waals surface area (Å²) >= 11 is 0. The van der Waals surface area contributed by atoms with Gasteiger partial charge in [-0.15, -0.1) is 0 Å². The number of hydrogen-bond donors (Lipinski definition) is 2. The van der Waals surface area contributed by atoms with Crippen LogP contribution in [0, 0.1) is 15.5 Å². The smallest absolute Gasteiger partial charge is 0.313 e. The topological polar surface area (TPSA) is 125 Å². The second-order valence-corrected chi connectivity index (χ2v) is 5.03. The van der Waals surface area contributed by atoms with E-state index in [-0.39, 0.29) is 22.7 Å². The second kappa shape index (κ2) is 5.96. The standard InChI is InChI=1S/C13H18N2O6/c1-13(2,12(17)21-4)11(14)8-5-7(15(18)19)6-9(20-3)10(8)16/h5-6,11,16H,14H2,1-4H3/t11-/m1/s1. The lowest BCUT2D eigenvalue weighted by Crippen LogP contribution is -2.37. The van der Waals surface area contributed by atoms with Crippen molar-refractivity contribution in [2.24, 2.45) is 11.1 Å². The molecule has 8 nitrogen and oxygen atoms in total. The molecule has 3 N–H and O–H groups in total. The largest absolute Gasteiger partial charge is 0.504 e. The van der Waals surface area contributed by atoms with Gasteiger partial charge in [-0.1, -0.05) is 0 Å². The van der Waals surface area contributed by atoms with E-state index in [0.29, 0.717) is 0 Å². The van der Waals surface area contributed by atoms with Crippen molar-refractivity contribution in [2.75, 3.05) is 14.2 Å². The van der Waals surface area contributed by atoms with Gasteiger partial charge in [0.15, 0.2) is 11.5 Å². The van der Waals surface area contributed by atoms with Gasteiger partial charge in [0, 0.05) is 17.7 Å². The summed E-state index contributed by atoms with van der Waals surface area (Å²) in [5, 5.41) is 21.0. The van der Waals surface area contributed by atoms with Crippen LogP contribution in [0.25, 0.3) is 0 Å². The Morgan fingerprint density at radius 3 is 2.43 bits per heavy atom. The third kappa shape index (κ3) is 3.05. The Bertz CT molecular complexity index is 570. The fourth-order valence-electron chi connectivity index (χ4n) is 1.89. The number of methoxy groups -OCH3 is 2. The lowest BCUT2D eigenvalue weighted by atomic mass is 9.80. The highest BCUT2D eigenvalue weighted by atomic mass is 16.6. The van der Waals surface area contributed by atoms with Crippen molar-refractivity contribution < 1.29 is 24.3 Å². The number of aromatic hydroxyl groups is 1. The molecular formula is C13H18N2O6. The van der Waals surface area contributed by atoms with Gasteiger partial charge in [0.1, 0.15) is 0 Å².